The number of aryl methyl sites for hydroxylation is 1. The molecular formula is C17H18NO4S-. The van der Waals surface area contributed by atoms with Gasteiger partial charge in [0.05, 0.1) is 10.9 Å². The van der Waals surface area contributed by atoms with Gasteiger partial charge in [0.2, 0.25) is 0 Å². The maximum Gasteiger partial charge on any atom is 0.261 e. The lowest BCUT2D eigenvalue weighted by molar-refractivity contribution is -0.255. The fraction of sp³-hybridized carbons (Fsp3) is 0.235. The van der Waals surface area contributed by atoms with Crippen LogP contribution in [-0.4, -0.2) is 14.4 Å². The third-order valence-electron chi connectivity index (χ3n) is 3.43. The zero-order valence-corrected chi connectivity index (χ0v) is 13.6. The molecule has 0 saturated carbocycles. The van der Waals surface area contributed by atoms with E-state index >= 15 is 0 Å². The Labute approximate surface area is 136 Å². The van der Waals surface area contributed by atoms with Gasteiger partial charge in [-0.05, 0) is 48.2 Å². The van der Waals surface area contributed by atoms with Crippen LogP contribution in [0.5, 0.6) is 0 Å². The fourth-order valence-electron chi connectivity index (χ4n) is 2.10. The Bertz CT molecular complexity index is 765. The van der Waals surface area contributed by atoms with Gasteiger partial charge in [0.15, 0.2) is 0 Å². The Morgan fingerprint density at radius 2 is 1.65 bits per heavy atom. The van der Waals surface area contributed by atoms with Crippen molar-refractivity contribution in [2.75, 3.05) is 4.72 Å². The number of aromatic carboxylic acids is 1. The van der Waals surface area contributed by atoms with E-state index < -0.39 is 16.0 Å². The standard InChI is InChI=1S/C17H19NO4S/c1-2-3-4-13-5-9-15(10-6-13)18-23(21,22)16-11-7-14(8-12-16)17(19)20/h5-12,18H,2-4H2,1H3,(H,19,20)/p-1. The van der Waals surface area contributed by atoms with Crippen LogP contribution in [0, 0.1) is 0 Å². The molecular weight excluding hydrogens is 314 g/mol. The molecule has 0 amide bonds. The lowest BCUT2D eigenvalue weighted by atomic mass is 10.1. The summed E-state index contributed by atoms with van der Waals surface area (Å²) >= 11 is 0. The summed E-state index contributed by atoms with van der Waals surface area (Å²) in [5.74, 6) is -1.34. The van der Waals surface area contributed by atoms with Crippen LogP contribution in [0.3, 0.4) is 0 Å². The lowest BCUT2D eigenvalue weighted by Crippen LogP contribution is -2.22. The van der Waals surface area contributed by atoms with E-state index in [1.54, 1.807) is 12.1 Å². The van der Waals surface area contributed by atoms with Gasteiger partial charge in [-0.1, -0.05) is 37.6 Å². The second-order valence-corrected chi connectivity index (χ2v) is 6.90. The molecule has 0 aliphatic heterocycles. The summed E-state index contributed by atoms with van der Waals surface area (Å²) in [5.41, 5.74) is 1.56. The average Bonchev–Trinajstić information content (AvgIpc) is 2.54. The molecule has 5 nitrogen and oxygen atoms in total. The van der Waals surface area contributed by atoms with Crippen LogP contribution in [0.2, 0.25) is 0 Å². The summed E-state index contributed by atoms with van der Waals surface area (Å²) in [4.78, 5) is 10.7. The molecule has 0 aliphatic rings. The predicted molar refractivity (Wildman–Crippen MR) is 86.6 cm³/mol. The monoisotopic (exact) mass is 332 g/mol. The highest BCUT2D eigenvalue weighted by Crippen LogP contribution is 2.18. The van der Waals surface area contributed by atoms with E-state index in [-0.39, 0.29) is 10.5 Å². The second kappa shape index (κ2) is 7.28. The van der Waals surface area contributed by atoms with Crippen LogP contribution < -0.4 is 9.83 Å². The Hall–Kier alpha value is -2.34. The molecule has 0 saturated heterocycles. The molecule has 2 rings (SSSR count). The van der Waals surface area contributed by atoms with Crippen molar-refractivity contribution in [2.45, 2.75) is 31.1 Å². The predicted octanol–water partition coefficient (Wildman–Crippen LogP) is 2.19. The molecule has 0 heterocycles. The third-order valence-corrected chi connectivity index (χ3v) is 4.82. The van der Waals surface area contributed by atoms with Crippen molar-refractivity contribution in [3.8, 4) is 0 Å². The highest BCUT2D eigenvalue weighted by atomic mass is 32.2. The third kappa shape index (κ3) is 4.56. The van der Waals surface area contributed by atoms with Crippen molar-refractivity contribution in [1.29, 1.82) is 0 Å². The summed E-state index contributed by atoms with van der Waals surface area (Å²) in [5, 5.41) is 10.7. The minimum Gasteiger partial charge on any atom is -0.545 e. The number of sulfonamides is 1. The van der Waals surface area contributed by atoms with Crippen molar-refractivity contribution in [3.63, 3.8) is 0 Å². The molecule has 0 atom stereocenters. The van der Waals surface area contributed by atoms with Gasteiger partial charge >= 0.3 is 0 Å². The van der Waals surface area contributed by atoms with E-state index in [1.165, 1.54) is 24.3 Å². The van der Waals surface area contributed by atoms with E-state index in [4.69, 9.17) is 0 Å². The second-order valence-electron chi connectivity index (χ2n) is 5.22. The van der Waals surface area contributed by atoms with Crippen LogP contribution in [0.1, 0.15) is 35.7 Å². The first-order valence-electron chi connectivity index (χ1n) is 7.35. The van der Waals surface area contributed by atoms with Gasteiger partial charge in [0.1, 0.15) is 0 Å². The number of hydrogen-bond acceptors (Lipinski definition) is 4. The zero-order chi connectivity index (χ0) is 16.9. The number of carboxylic acids is 1. The van der Waals surface area contributed by atoms with Gasteiger partial charge in [-0.25, -0.2) is 8.42 Å². The summed E-state index contributed by atoms with van der Waals surface area (Å²) in [6, 6.07) is 12.1. The normalized spacial score (nSPS) is 11.2. The highest BCUT2D eigenvalue weighted by molar-refractivity contribution is 7.92. The van der Waals surface area contributed by atoms with Gasteiger partial charge in [-0.2, -0.15) is 0 Å². The number of rotatable bonds is 7. The first kappa shape index (κ1) is 17.0. The molecule has 6 heteroatoms. The maximum absolute atomic E-state index is 12.3. The number of nitrogens with one attached hydrogen (secondary N) is 1. The van der Waals surface area contributed by atoms with E-state index in [1.807, 2.05) is 12.1 Å². The van der Waals surface area contributed by atoms with E-state index in [9.17, 15) is 18.3 Å². The summed E-state index contributed by atoms with van der Waals surface area (Å²) in [6.45, 7) is 2.12. The van der Waals surface area contributed by atoms with Gasteiger partial charge in [-0.3, -0.25) is 4.72 Å². The van der Waals surface area contributed by atoms with Gasteiger partial charge in [0.25, 0.3) is 10.0 Å². The number of unbranched alkanes of at least 4 members (excludes halogenated alkanes) is 1. The Morgan fingerprint density at radius 3 is 2.17 bits per heavy atom. The van der Waals surface area contributed by atoms with Crippen LogP contribution in [0.25, 0.3) is 0 Å². The fourth-order valence-corrected chi connectivity index (χ4v) is 3.16. The molecule has 0 spiro atoms. The zero-order valence-electron chi connectivity index (χ0n) is 12.8. The number of carboxylic acid groups (broad SMARTS) is 1. The van der Waals surface area contributed by atoms with E-state index in [0.717, 1.165) is 24.8 Å². The van der Waals surface area contributed by atoms with Crippen molar-refractivity contribution in [1.82, 2.24) is 0 Å². The molecule has 0 fully saturated rings. The Morgan fingerprint density at radius 1 is 1.04 bits per heavy atom. The van der Waals surface area contributed by atoms with E-state index in [2.05, 4.69) is 11.6 Å². The van der Waals surface area contributed by atoms with E-state index in [0.29, 0.717) is 5.69 Å². The smallest absolute Gasteiger partial charge is 0.261 e. The number of anilines is 1. The van der Waals surface area contributed by atoms with Gasteiger partial charge in [-0.15, -0.1) is 0 Å². The lowest BCUT2D eigenvalue weighted by Gasteiger charge is -2.10. The molecule has 23 heavy (non-hydrogen) atoms. The minimum absolute atomic E-state index is 0.00226. The average molecular weight is 332 g/mol. The molecule has 0 radical (unpaired) electrons. The number of carbonyl (C=O) groups excluding carboxylic acids is 1. The molecule has 122 valence electrons. The van der Waals surface area contributed by atoms with Crippen molar-refractivity contribution >= 4 is 21.7 Å². The molecule has 0 bridgehead atoms. The first-order valence-corrected chi connectivity index (χ1v) is 8.84. The molecule has 0 unspecified atom stereocenters. The number of benzene rings is 2. The molecule has 2 aromatic carbocycles. The summed E-state index contributed by atoms with van der Waals surface area (Å²) in [7, 11) is -3.75. The molecule has 0 aliphatic carbocycles. The minimum atomic E-state index is -3.75. The SMILES string of the molecule is CCCCc1ccc(NS(=O)(=O)c2ccc(C(=O)[O-])cc2)cc1. The van der Waals surface area contributed by atoms with Crippen molar-refractivity contribution < 1.29 is 18.3 Å². The van der Waals surface area contributed by atoms with Crippen LogP contribution in [0.15, 0.2) is 53.4 Å². The quantitative estimate of drug-likeness (QED) is 0.842. The Kier molecular flexibility index (Phi) is 5.39. The van der Waals surface area contributed by atoms with Crippen molar-refractivity contribution in [3.05, 3.63) is 59.7 Å². The molecule has 0 aromatic heterocycles. The van der Waals surface area contributed by atoms with Crippen molar-refractivity contribution in [2.24, 2.45) is 0 Å². The van der Waals surface area contributed by atoms with Gasteiger partial charge in [0, 0.05) is 5.69 Å². The molecule has 2 aromatic rings. The number of hydrogen-bond donors (Lipinski definition) is 1. The van der Waals surface area contributed by atoms with Crippen LogP contribution >= 0.6 is 0 Å². The maximum atomic E-state index is 12.3. The van der Waals surface area contributed by atoms with Crippen LogP contribution in [0.4, 0.5) is 5.69 Å². The Balaban J connectivity index is 2.12. The summed E-state index contributed by atoms with van der Waals surface area (Å²) in [6.07, 6.45) is 3.17. The van der Waals surface area contributed by atoms with Crippen LogP contribution in [-0.2, 0) is 16.4 Å². The largest absolute Gasteiger partial charge is 0.545 e. The first-order chi connectivity index (χ1) is 10.9. The topological polar surface area (TPSA) is 86.3 Å². The highest BCUT2D eigenvalue weighted by Gasteiger charge is 2.14. The summed E-state index contributed by atoms with van der Waals surface area (Å²) < 4.78 is 27.0. The number of carbonyl (C=O) groups is 1. The van der Waals surface area contributed by atoms with Gasteiger partial charge < -0.3 is 9.90 Å². The molecule has 1 N–H and O–H groups in total.